The Balaban J connectivity index is 1.88. The van der Waals surface area contributed by atoms with Crippen LogP contribution in [0.4, 0.5) is 5.69 Å². The Morgan fingerprint density at radius 1 is 1.27 bits per heavy atom. The smallest absolute Gasteiger partial charge is 0.259 e. The first-order valence-electron chi connectivity index (χ1n) is 7.14. The van der Waals surface area contributed by atoms with Crippen LogP contribution in [0.2, 0.25) is 0 Å². The van der Waals surface area contributed by atoms with E-state index in [1.54, 1.807) is 6.07 Å². The summed E-state index contributed by atoms with van der Waals surface area (Å²) in [4.78, 5) is 42.2. The third kappa shape index (κ3) is 1.67. The highest BCUT2D eigenvalue weighted by atomic mass is 16.2. The molecular weight excluding hydrogens is 282 g/mol. The lowest BCUT2D eigenvalue weighted by molar-refractivity contribution is -0.134. The van der Waals surface area contributed by atoms with Crippen molar-refractivity contribution in [3.8, 4) is 0 Å². The molecule has 6 nitrogen and oxygen atoms in total. The molecule has 0 spiro atoms. The SMILES string of the molecule is Cc1cc2c3c(cccc3n1)N(C1CCC(=O)NC1=O)C2=O. The second-order valence-electron chi connectivity index (χ2n) is 5.62. The summed E-state index contributed by atoms with van der Waals surface area (Å²) >= 11 is 0. The van der Waals surface area contributed by atoms with E-state index in [9.17, 15) is 14.4 Å². The predicted molar refractivity (Wildman–Crippen MR) is 79.5 cm³/mol. The van der Waals surface area contributed by atoms with E-state index >= 15 is 0 Å². The Kier molecular flexibility index (Phi) is 2.57. The molecule has 2 aliphatic rings. The van der Waals surface area contributed by atoms with Gasteiger partial charge in [0.05, 0.1) is 16.8 Å². The number of piperidine rings is 1. The standard InChI is InChI=1S/C16H13N3O3/c1-8-7-9-14-10(17-8)3-2-4-11(14)19(16(9)22)12-5-6-13(20)18-15(12)21/h2-4,7,12H,5-6H2,1H3,(H,18,20,21). The van der Waals surface area contributed by atoms with Gasteiger partial charge in [0.15, 0.2) is 0 Å². The lowest BCUT2D eigenvalue weighted by Crippen LogP contribution is -2.53. The second-order valence-corrected chi connectivity index (χ2v) is 5.62. The Morgan fingerprint density at radius 2 is 2.09 bits per heavy atom. The summed E-state index contributed by atoms with van der Waals surface area (Å²) in [6.45, 7) is 1.84. The number of hydrogen-bond acceptors (Lipinski definition) is 4. The van der Waals surface area contributed by atoms with Crippen molar-refractivity contribution in [3.05, 3.63) is 35.5 Å². The number of carbonyl (C=O) groups excluding carboxylic acids is 3. The van der Waals surface area contributed by atoms with Gasteiger partial charge in [-0.1, -0.05) is 6.07 Å². The predicted octanol–water partition coefficient (Wildman–Crippen LogP) is 1.31. The molecule has 1 N–H and O–H groups in total. The molecule has 0 aliphatic carbocycles. The Bertz CT molecular complexity index is 859. The average molecular weight is 295 g/mol. The highest BCUT2D eigenvalue weighted by Gasteiger charge is 2.40. The van der Waals surface area contributed by atoms with E-state index in [-0.39, 0.29) is 18.2 Å². The molecule has 0 radical (unpaired) electrons. The zero-order valence-electron chi connectivity index (χ0n) is 11.9. The molecule has 1 unspecified atom stereocenters. The fraction of sp³-hybridized carbons (Fsp3) is 0.250. The van der Waals surface area contributed by atoms with Crippen LogP contribution in [0.1, 0.15) is 28.9 Å². The summed E-state index contributed by atoms with van der Waals surface area (Å²) in [5, 5.41) is 3.09. The van der Waals surface area contributed by atoms with Crippen LogP contribution >= 0.6 is 0 Å². The van der Waals surface area contributed by atoms with Crippen LogP contribution in [-0.2, 0) is 9.59 Å². The quantitative estimate of drug-likeness (QED) is 0.804. The van der Waals surface area contributed by atoms with Gasteiger partial charge in [0.1, 0.15) is 6.04 Å². The molecule has 110 valence electrons. The third-order valence-electron chi connectivity index (χ3n) is 4.17. The summed E-state index contributed by atoms with van der Waals surface area (Å²) in [7, 11) is 0. The Hall–Kier alpha value is -2.76. The van der Waals surface area contributed by atoms with Crippen LogP contribution in [-0.4, -0.2) is 28.7 Å². The first kappa shape index (κ1) is 12.9. The number of carbonyl (C=O) groups is 3. The van der Waals surface area contributed by atoms with Crippen molar-refractivity contribution >= 4 is 34.3 Å². The highest BCUT2D eigenvalue weighted by Crippen LogP contribution is 2.39. The van der Waals surface area contributed by atoms with Gasteiger partial charge in [0.2, 0.25) is 11.8 Å². The molecule has 1 fully saturated rings. The number of benzene rings is 1. The lowest BCUT2D eigenvalue weighted by Gasteiger charge is -2.30. The van der Waals surface area contributed by atoms with Crippen LogP contribution in [0.15, 0.2) is 24.3 Å². The van der Waals surface area contributed by atoms with Crippen molar-refractivity contribution in [3.63, 3.8) is 0 Å². The van der Waals surface area contributed by atoms with Gasteiger partial charge in [-0.3, -0.25) is 29.6 Å². The van der Waals surface area contributed by atoms with Crippen LogP contribution in [0.25, 0.3) is 10.9 Å². The van der Waals surface area contributed by atoms with E-state index in [4.69, 9.17) is 0 Å². The number of nitrogens with zero attached hydrogens (tertiary/aromatic N) is 2. The van der Waals surface area contributed by atoms with E-state index in [0.717, 1.165) is 16.6 Å². The zero-order valence-corrected chi connectivity index (χ0v) is 11.9. The first-order chi connectivity index (χ1) is 10.6. The number of pyridine rings is 1. The maximum atomic E-state index is 12.8. The molecule has 4 rings (SSSR count). The maximum Gasteiger partial charge on any atom is 0.259 e. The van der Waals surface area contributed by atoms with Gasteiger partial charge < -0.3 is 0 Å². The minimum Gasteiger partial charge on any atom is -0.295 e. The van der Waals surface area contributed by atoms with E-state index in [1.807, 2.05) is 25.1 Å². The third-order valence-corrected chi connectivity index (χ3v) is 4.17. The summed E-state index contributed by atoms with van der Waals surface area (Å²) in [6.07, 6.45) is 0.580. The van der Waals surface area contributed by atoms with Gasteiger partial charge >= 0.3 is 0 Å². The van der Waals surface area contributed by atoms with Crippen molar-refractivity contribution in [1.82, 2.24) is 10.3 Å². The molecule has 3 amide bonds. The number of hydrogen-bond donors (Lipinski definition) is 1. The summed E-state index contributed by atoms with van der Waals surface area (Å²) in [5.41, 5.74) is 2.77. The molecule has 1 atom stereocenters. The van der Waals surface area contributed by atoms with Gasteiger partial charge in [-0.15, -0.1) is 0 Å². The number of amides is 3. The van der Waals surface area contributed by atoms with Crippen molar-refractivity contribution in [2.75, 3.05) is 4.90 Å². The number of imide groups is 1. The van der Waals surface area contributed by atoms with E-state index < -0.39 is 11.9 Å². The Labute approximate surface area is 126 Å². The van der Waals surface area contributed by atoms with Gasteiger partial charge in [-0.2, -0.15) is 0 Å². The van der Waals surface area contributed by atoms with E-state index in [1.165, 1.54) is 4.90 Å². The van der Waals surface area contributed by atoms with Gasteiger partial charge in [0.25, 0.3) is 5.91 Å². The van der Waals surface area contributed by atoms with E-state index in [0.29, 0.717) is 17.7 Å². The topological polar surface area (TPSA) is 79.4 Å². The summed E-state index contributed by atoms with van der Waals surface area (Å²) in [5.74, 6) is -0.911. The van der Waals surface area contributed by atoms with Crippen molar-refractivity contribution in [1.29, 1.82) is 0 Å². The summed E-state index contributed by atoms with van der Waals surface area (Å²) in [6, 6.07) is 6.60. The molecule has 0 saturated carbocycles. The zero-order chi connectivity index (χ0) is 15.4. The molecule has 2 aliphatic heterocycles. The largest absolute Gasteiger partial charge is 0.295 e. The summed E-state index contributed by atoms with van der Waals surface area (Å²) < 4.78 is 0. The normalized spacial score (nSPS) is 20.7. The Morgan fingerprint density at radius 3 is 2.86 bits per heavy atom. The molecule has 3 heterocycles. The monoisotopic (exact) mass is 295 g/mol. The molecule has 2 aromatic rings. The van der Waals surface area contributed by atoms with Crippen molar-refractivity contribution in [2.45, 2.75) is 25.8 Å². The molecule has 22 heavy (non-hydrogen) atoms. The second kappa shape index (κ2) is 4.37. The van der Waals surface area contributed by atoms with Crippen molar-refractivity contribution in [2.24, 2.45) is 0 Å². The molecular formula is C16H13N3O3. The number of aromatic nitrogens is 1. The molecule has 0 bridgehead atoms. The van der Waals surface area contributed by atoms with E-state index in [2.05, 4.69) is 10.3 Å². The lowest BCUT2D eigenvalue weighted by atomic mass is 10.0. The van der Waals surface area contributed by atoms with Gasteiger partial charge in [-0.25, -0.2) is 0 Å². The van der Waals surface area contributed by atoms with Gasteiger partial charge in [0, 0.05) is 17.5 Å². The first-order valence-corrected chi connectivity index (χ1v) is 7.14. The average Bonchev–Trinajstić information content (AvgIpc) is 2.74. The fourth-order valence-electron chi connectivity index (χ4n) is 3.25. The van der Waals surface area contributed by atoms with Crippen molar-refractivity contribution < 1.29 is 14.4 Å². The molecule has 1 aromatic heterocycles. The number of rotatable bonds is 1. The molecule has 1 saturated heterocycles. The van der Waals surface area contributed by atoms with Crippen LogP contribution in [0.3, 0.4) is 0 Å². The number of anilines is 1. The minimum absolute atomic E-state index is 0.203. The number of aryl methyl sites for hydroxylation is 1. The van der Waals surface area contributed by atoms with Crippen LogP contribution < -0.4 is 10.2 Å². The highest BCUT2D eigenvalue weighted by molar-refractivity contribution is 6.26. The van der Waals surface area contributed by atoms with Crippen LogP contribution in [0.5, 0.6) is 0 Å². The molecule has 6 heteroatoms. The maximum absolute atomic E-state index is 12.8. The fourth-order valence-corrected chi connectivity index (χ4v) is 3.25. The molecule has 1 aromatic carbocycles. The minimum atomic E-state index is -0.650. The van der Waals surface area contributed by atoms with Gasteiger partial charge in [-0.05, 0) is 31.5 Å². The number of nitrogens with one attached hydrogen (secondary N) is 1. The van der Waals surface area contributed by atoms with Crippen LogP contribution in [0, 0.1) is 6.92 Å².